The molecule has 1 rings (SSSR count). The first-order valence-corrected chi connectivity index (χ1v) is 5.48. The van der Waals surface area contributed by atoms with Crippen molar-refractivity contribution in [1.29, 1.82) is 0 Å². The van der Waals surface area contributed by atoms with E-state index in [1.54, 1.807) is 6.20 Å². The van der Waals surface area contributed by atoms with Crippen LogP contribution >= 0.6 is 0 Å². The van der Waals surface area contributed by atoms with Gasteiger partial charge in [0.2, 0.25) is 5.89 Å². The summed E-state index contributed by atoms with van der Waals surface area (Å²) in [6.07, 6.45) is 2.96. The van der Waals surface area contributed by atoms with Crippen LogP contribution in [0.4, 0.5) is 0 Å². The van der Waals surface area contributed by atoms with E-state index in [2.05, 4.69) is 10.3 Å². The van der Waals surface area contributed by atoms with Crippen molar-refractivity contribution in [2.45, 2.75) is 39.8 Å². The van der Waals surface area contributed by atoms with Crippen molar-refractivity contribution in [3.05, 3.63) is 17.8 Å². The molecule has 0 amide bonds. The number of aryl methyl sites for hydroxylation is 1. The van der Waals surface area contributed by atoms with Gasteiger partial charge < -0.3 is 14.5 Å². The van der Waals surface area contributed by atoms with Crippen LogP contribution in [0.25, 0.3) is 0 Å². The molecule has 0 aromatic carbocycles. The summed E-state index contributed by atoms with van der Waals surface area (Å²) in [6, 6.07) is 0. The van der Waals surface area contributed by atoms with Gasteiger partial charge in [0.1, 0.15) is 5.76 Å². The topological polar surface area (TPSA) is 47.3 Å². The molecule has 86 valence electrons. The molecule has 1 N–H and O–H groups in total. The van der Waals surface area contributed by atoms with E-state index in [1.807, 2.05) is 20.8 Å². The van der Waals surface area contributed by atoms with Crippen LogP contribution in [-0.2, 0) is 17.7 Å². The molecule has 0 aliphatic heterocycles. The normalized spacial score (nSPS) is 11.2. The molecule has 0 aliphatic carbocycles. The Balaban J connectivity index is 2.09. The number of nitrogens with one attached hydrogen (secondary N) is 1. The third-order valence-electron chi connectivity index (χ3n) is 1.96. The number of hydrogen-bond acceptors (Lipinski definition) is 4. The summed E-state index contributed by atoms with van der Waals surface area (Å²) in [4.78, 5) is 4.15. The Morgan fingerprint density at radius 2 is 2.33 bits per heavy atom. The first-order valence-electron chi connectivity index (χ1n) is 5.48. The third kappa shape index (κ3) is 4.95. The minimum atomic E-state index is 0.292. The SMILES string of the molecule is CCc1cnc(CNCCOC(C)C)o1. The highest BCUT2D eigenvalue weighted by Gasteiger charge is 2.01. The van der Waals surface area contributed by atoms with E-state index < -0.39 is 0 Å². The second kappa shape index (κ2) is 6.58. The van der Waals surface area contributed by atoms with Crippen molar-refractivity contribution in [2.75, 3.05) is 13.2 Å². The standard InChI is InChI=1S/C11H20N2O2/c1-4-10-7-13-11(15-10)8-12-5-6-14-9(2)3/h7,9,12H,4-6,8H2,1-3H3. The van der Waals surface area contributed by atoms with Crippen molar-refractivity contribution < 1.29 is 9.15 Å². The predicted octanol–water partition coefficient (Wildman–Crippen LogP) is 1.75. The zero-order valence-corrected chi connectivity index (χ0v) is 9.75. The predicted molar refractivity (Wildman–Crippen MR) is 58.7 cm³/mol. The summed E-state index contributed by atoms with van der Waals surface area (Å²) >= 11 is 0. The molecule has 0 radical (unpaired) electrons. The fraction of sp³-hybridized carbons (Fsp3) is 0.727. The number of rotatable bonds is 7. The average Bonchev–Trinajstić information content (AvgIpc) is 2.65. The molecular weight excluding hydrogens is 192 g/mol. The zero-order chi connectivity index (χ0) is 11.1. The molecule has 1 aromatic heterocycles. The molecule has 15 heavy (non-hydrogen) atoms. The Bertz CT molecular complexity index is 271. The van der Waals surface area contributed by atoms with Gasteiger partial charge in [-0.15, -0.1) is 0 Å². The van der Waals surface area contributed by atoms with E-state index in [1.165, 1.54) is 0 Å². The fourth-order valence-electron chi connectivity index (χ4n) is 1.16. The maximum atomic E-state index is 5.45. The molecule has 0 saturated heterocycles. The van der Waals surface area contributed by atoms with E-state index >= 15 is 0 Å². The number of aromatic nitrogens is 1. The highest BCUT2D eigenvalue weighted by Crippen LogP contribution is 2.03. The molecule has 0 unspecified atom stereocenters. The Labute approximate surface area is 91.0 Å². The molecule has 0 fully saturated rings. The lowest BCUT2D eigenvalue weighted by Gasteiger charge is -2.07. The van der Waals surface area contributed by atoms with Gasteiger partial charge in [-0.2, -0.15) is 0 Å². The largest absolute Gasteiger partial charge is 0.444 e. The van der Waals surface area contributed by atoms with Crippen LogP contribution < -0.4 is 5.32 Å². The summed E-state index contributed by atoms with van der Waals surface area (Å²) in [5.41, 5.74) is 0. The maximum absolute atomic E-state index is 5.45. The van der Waals surface area contributed by atoms with Crippen molar-refractivity contribution >= 4 is 0 Å². The molecule has 0 saturated carbocycles. The molecule has 1 heterocycles. The van der Waals surface area contributed by atoms with E-state index in [0.717, 1.165) is 31.2 Å². The van der Waals surface area contributed by atoms with Crippen LogP contribution in [0.5, 0.6) is 0 Å². The maximum Gasteiger partial charge on any atom is 0.208 e. The fourth-order valence-corrected chi connectivity index (χ4v) is 1.16. The Hall–Kier alpha value is -0.870. The van der Waals surface area contributed by atoms with Crippen LogP contribution in [0.3, 0.4) is 0 Å². The van der Waals surface area contributed by atoms with Gasteiger partial charge in [0.25, 0.3) is 0 Å². The Morgan fingerprint density at radius 3 is 2.93 bits per heavy atom. The van der Waals surface area contributed by atoms with E-state index in [9.17, 15) is 0 Å². The lowest BCUT2D eigenvalue weighted by atomic mass is 10.4. The van der Waals surface area contributed by atoms with Gasteiger partial charge in [0.15, 0.2) is 0 Å². The number of hydrogen-bond donors (Lipinski definition) is 1. The van der Waals surface area contributed by atoms with Crippen molar-refractivity contribution in [1.82, 2.24) is 10.3 Å². The molecule has 0 bridgehead atoms. The van der Waals surface area contributed by atoms with E-state index in [4.69, 9.17) is 9.15 Å². The first-order chi connectivity index (χ1) is 7.22. The van der Waals surface area contributed by atoms with E-state index in [0.29, 0.717) is 12.6 Å². The molecule has 0 atom stereocenters. The van der Waals surface area contributed by atoms with E-state index in [-0.39, 0.29) is 0 Å². The minimum Gasteiger partial charge on any atom is -0.444 e. The highest BCUT2D eigenvalue weighted by molar-refractivity contribution is 4.93. The van der Waals surface area contributed by atoms with Crippen LogP contribution in [0.2, 0.25) is 0 Å². The molecule has 4 nitrogen and oxygen atoms in total. The molecular formula is C11H20N2O2. The molecule has 0 aliphatic rings. The molecule has 0 spiro atoms. The van der Waals surface area contributed by atoms with Crippen LogP contribution in [0.1, 0.15) is 32.4 Å². The van der Waals surface area contributed by atoms with Crippen LogP contribution in [0.15, 0.2) is 10.6 Å². The first kappa shape index (κ1) is 12.2. The van der Waals surface area contributed by atoms with Gasteiger partial charge in [0, 0.05) is 13.0 Å². The third-order valence-corrected chi connectivity index (χ3v) is 1.96. The van der Waals surface area contributed by atoms with Crippen molar-refractivity contribution in [3.63, 3.8) is 0 Å². The summed E-state index contributed by atoms with van der Waals surface area (Å²) in [7, 11) is 0. The van der Waals surface area contributed by atoms with Crippen molar-refractivity contribution in [3.8, 4) is 0 Å². The van der Waals surface area contributed by atoms with Gasteiger partial charge in [0.05, 0.1) is 25.5 Å². The lowest BCUT2D eigenvalue weighted by molar-refractivity contribution is 0.0804. The van der Waals surface area contributed by atoms with Gasteiger partial charge >= 0.3 is 0 Å². The van der Waals surface area contributed by atoms with Crippen LogP contribution in [-0.4, -0.2) is 24.2 Å². The van der Waals surface area contributed by atoms with Gasteiger partial charge in [-0.05, 0) is 13.8 Å². The monoisotopic (exact) mass is 212 g/mol. The summed E-state index contributed by atoms with van der Waals surface area (Å²) in [5.74, 6) is 1.68. The van der Waals surface area contributed by atoms with Gasteiger partial charge in [-0.25, -0.2) is 4.98 Å². The Kier molecular flexibility index (Phi) is 5.36. The number of ether oxygens (including phenoxy) is 1. The second-order valence-corrected chi connectivity index (χ2v) is 3.67. The molecule has 1 aromatic rings. The quantitative estimate of drug-likeness (QED) is 0.699. The summed E-state index contributed by atoms with van der Waals surface area (Å²) < 4.78 is 10.8. The smallest absolute Gasteiger partial charge is 0.208 e. The second-order valence-electron chi connectivity index (χ2n) is 3.67. The Morgan fingerprint density at radius 1 is 1.53 bits per heavy atom. The van der Waals surface area contributed by atoms with Gasteiger partial charge in [-0.3, -0.25) is 0 Å². The number of nitrogens with zero attached hydrogens (tertiary/aromatic N) is 1. The zero-order valence-electron chi connectivity index (χ0n) is 9.75. The van der Waals surface area contributed by atoms with Crippen LogP contribution in [0, 0.1) is 0 Å². The van der Waals surface area contributed by atoms with Crippen molar-refractivity contribution in [2.24, 2.45) is 0 Å². The summed E-state index contributed by atoms with van der Waals surface area (Å²) in [5, 5.41) is 3.21. The molecule has 4 heteroatoms. The van der Waals surface area contributed by atoms with Gasteiger partial charge in [-0.1, -0.05) is 6.92 Å². The highest BCUT2D eigenvalue weighted by atomic mass is 16.5. The minimum absolute atomic E-state index is 0.292. The number of oxazole rings is 1. The lowest BCUT2D eigenvalue weighted by Crippen LogP contribution is -2.21. The average molecular weight is 212 g/mol. The summed E-state index contributed by atoms with van der Waals surface area (Å²) in [6.45, 7) is 8.32.